The molecule has 8 nitrogen and oxygen atoms in total. The van der Waals surface area contributed by atoms with E-state index in [2.05, 4.69) is 0 Å². The van der Waals surface area contributed by atoms with Gasteiger partial charge in [-0.25, -0.2) is 0 Å². The molecule has 6 N–H and O–H groups in total. The van der Waals surface area contributed by atoms with E-state index in [0.717, 1.165) is 4.90 Å². The Kier molecular flexibility index (Phi) is 5.89. The number of hydrogen-bond donors (Lipinski definition) is 5. The molecule has 0 radical (unpaired) electrons. The first kappa shape index (κ1) is 14.8. The summed E-state index contributed by atoms with van der Waals surface area (Å²) in [4.78, 5) is 22.0. The summed E-state index contributed by atoms with van der Waals surface area (Å²) in [6.07, 6.45) is 0. The van der Waals surface area contributed by atoms with Gasteiger partial charge in [0.05, 0.1) is 31.8 Å². The molecule has 0 aromatic heterocycles. The predicted molar refractivity (Wildman–Crippen MR) is 52.8 cm³/mol. The number of nitrogens with zero attached hydrogens (tertiary/aromatic N) is 1. The van der Waals surface area contributed by atoms with Gasteiger partial charge in [-0.2, -0.15) is 0 Å². The number of carbonyl (C=O) groups is 2. The molecule has 0 spiro atoms. The lowest BCUT2D eigenvalue weighted by Crippen LogP contribution is -2.61. The molecule has 0 amide bonds. The van der Waals surface area contributed by atoms with Crippen LogP contribution in [0.3, 0.4) is 0 Å². The SMILES string of the molecule is NCC(CO)(CO)N(CC(=O)O)CC(=O)O. The van der Waals surface area contributed by atoms with E-state index in [0.29, 0.717) is 0 Å². The number of aliphatic hydroxyl groups excluding tert-OH is 2. The standard InChI is InChI=1S/C8H16N2O6/c9-3-8(4-11,5-12)10(1-6(13)14)2-7(15)16/h11-12H,1-5,9H2,(H,13,14)(H,15,16). The van der Waals surface area contributed by atoms with Gasteiger partial charge in [-0.15, -0.1) is 0 Å². The minimum absolute atomic E-state index is 0.249. The number of rotatable bonds is 8. The van der Waals surface area contributed by atoms with E-state index in [9.17, 15) is 9.59 Å². The largest absolute Gasteiger partial charge is 0.480 e. The third-order valence-corrected chi connectivity index (χ3v) is 2.29. The van der Waals surface area contributed by atoms with Gasteiger partial charge in [-0.1, -0.05) is 0 Å². The van der Waals surface area contributed by atoms with Crippen molar-refractivity contribution in [3.63, 3.8) is 0 Å². The zero-order chi connectivity index (χ0) is 12.8. The molecular weight excluding hydrogens is 220 g/mol. The molecule has 0 aliphatic heterocycles. The second-order valence-electron chi connectivity index (χ2n) is 3.39. The van der Waals surface area contributed by atoms with Crippen LogP contribution in [0.5, 0.6) is 0 Å². The van der Waals surface area contributed by atoms with Crippen molar-refractivity contribution in [1.29, 1.82) is 0 Å². The fraction of sp³-hybridized carbons (Fsp3) is 0.750. The second-order valence-corrected chi connectivity index (χ2v) is 3.39. The minimum atomic E-state index is -1.43. The first-order valence-electron chi connectivity index (χ1n) is 4.52. The van der Waals surface area contributed by atoms with Gasteiger partial charge >= 0.3 is 11.9 Å². The summed E-state index contributed by atoms with van der Waals surface area (Å²) < 4.78 is 0. The summed E-state index contributed by atoms with van der Waals surface area (Å²) in [6.45, 7) is -2.74. The van der Waals surface area contributed by atoms with Crippen LogP contribution in [-0.4, -0.2) is 75.7 Å². The van der Waals surface area contributed by atoms with Crippen LogP contribution in [0, 0.1) is 0 Å². The van der Waals surface area contributed by atoms with Crippen molar-refractivity contribution in [2.75, 3.05) is 32.8 Å². The molecule has 0 aromatic carbocycles. The number of aliphatic carboxylic acids is 2. The Hall–Kier alpha value is -1.22. The van der Waals surface area contributed by atoms with Crippen molar-refractivity contribution in [2.45, 2.75) is 5.54 Å². The van der Waals surface area contributed by atoms with Crippen molar-refractivity contribution in [3.8, 4) is 0 Å². The monoisotopic (exact) mass is 236 g/mol. The van der Waals surface area contributed by atoms with E-state index in [1.54, 1.807) is 0 Å². The molecule has 8 heteroatoms. The Labute approximate surface area is 91.9 Å². The molecule has 0 unspecified atom stereocenters. The lowest BCUT2D eigenvalue weighted by molar-refractivity contribution is -0.146. The molecule has 0 heterocycles. The van der Waals surface area contributed by atoms with Crippen molar-refractivity contribution in [1.82, 2.24) is 4.90 Å². The highest BCUT2D eigenvalue weighted by molar-refractivity contribution is 5.72. The third-order valence-electron chi connectivity index (χ3n) is 2.29. The molecule has 0 aliphatic carbocycles. The number of carboxylic acids is 2. The quantitative estimate of drug-likeness (QED) is 0.302. The third kappa shape index (κ3) is 3.74. The lowest BCUT2D eigenvalue weighted by atomic mass is 9.99. The predicted octanol–water partition coefficient (Wildman–Crippen LogP) is -2.86. The molecule has 16 heavy (non-hydrogen) atoms. The van der Waals surface area contributed by atoms with E-state index < -0.39 is 43.8 Å². The van der Waals surface area contributed by atoms with Gasteiger partial charge in [-0.05, 0) is 0 Å². The van der Waals surface area contributed by atoms with Gasteiger partial charge in [0.15, 0.2) is 0 Å². The summed E-state index contributed by atoms with van der Waals surface area (Å²) >= 11 is 0. The fourth-order valence-electron chi connectivity index (χ4n) is 1.23. The zero-order valence-electron chi connectivity index (χ0n) is 8.67. The van der Waals surface area contributed by atoms with Crippen molar-refractivity contribution < 1.29 is 30.0 Å². The van der Waals surface area contributed by atoms with Gasteiger partial charge < -0.3 is 26.2 Å². The zero-order valence-corrected chi connectivity index (χ0v) is 8.67. The van der Waals surface area contributed by atoms with Crippen LogP contribution in [0.15, 0.2) is 0 Å². The van der Waals surface area contributed by atoms with Crippen LogP contribution in [0.1, 0.15) is 0 Å². The van der Waals surface area contributed by atoms with Gasteiger partial charge in [-0.3, -0.25) is 14.5 Å². The number of carboxylic acid groups (broad SMARTS) is 2. The van der Waals surface area contributed by atoms with Crippen LogP contribution in [0.2, 0.25) is 0 Å². The van der Waals surface area contributed by atoms with Crippen molar-refractivity contribution in [2.24, 2.45) is 5.73 Å². The van der Waals surface area contributed by atoms with Gasteiger partial charge in [0.1, 0.15) is 0 Å². The smallest absolute Gasteiger partial charge is 0.317 e. The number of hydrogen-bond acceptors (Lipinski definition) is 6. The van der Waals surface area contributed by atoms with E-state index in [1.807, 2.05) is 0 Å². The Bertz CT molecular complexity index is 229. The molecule has 0 fully saturated rings. The highest BCUT2D eigenvalue weighted by atomic mass is 16.4. The van der Waals surface area contributed by atoms with E-state index in [4.69, 9.17) is 26.2 Å². The molecule has 0 saturated carbocycles. The maximum Gasteiger partial charge on any atom is 0.317 e. The Morgan fingerprint density at radius 1 is 1.06 bits per heavy atom. The van der Waals surface area contributed by atoms with Crippen molar-refractivity contribution in [3.05, 3.63) is 0 Å². The van der Waals surface area contributed by atoms with Crippen molar-refractivity contribution >= 4 is 11.9 Å². The summed E-state index contributed by atoms with van der Waals surface area (Å²) in [7, 11) is 0. The molecule has 0 saturated heterocycles. The van der Waals surface area contributed by atoms with Crippen LogP contribution in [0.25, 0.3) is 0 Å². The fourth-order valence-corrected chi connectivity index (χ4v) is 1.23. The van der Waals surface area contributed by atoms with Crippen LogP contribution in [-0.2, 0) is 9.59 Å². The normalized spacial score (nSPS) is 11.8. The molecule has 0 bridgehead atoms. The average Bonchev–Trinajstić information content (AvgIpc) is 2.19. The van der Waals surface area contributed by atoms with E-state index in [1.165, 1.54) is 0 Å². The summed E-state index contributed by atoms with van der Waals surface area (Å²) in [5.41, 5.74) is 3.90. The Balaban J connectivity index is 4.94. The molecule has 0 aliphatic rings. The molecule has 0 rings (SSSR count). The second kappa shape index (κ2) is 6.38. The maximum atomic E-state index is 10.5. The van der Waals surface area contributed by atoms with Gasteiger partial charge in [0.25, 0.3) is 0 Å². The van der Waals surface area contributed by atoms with Gasteiger partial charge in [0, 0.05) is 6.54 Å². The first-order valence-corrected chi connectivity index (χ1v) is 4.52. The first-order chi connectivity index (χ1) is 7.41. The van der Waals surface area contributed by atoms with Crippen LogP contribution < -0.4 is 5.73 Å². The number of nitrogens with two attached hydrogens (primary N) is 1. The summed E-state index contributed by atoms with van der Waals surface area (Å²) in [6, 6.07) is 0. The van der Waals surface area contributed by atoms with Gasteiger partial charge in [0.2, 0.25) is 0 Å². The highest BCUT2D eigenvalue weighted by Gasteiger charge is 2.36. The topological polar surface area (TPSA) is 144 Å². The Morgan fingerprint density at radius 3 is 1.62 bits per heavy atom. The van der Waals surface area contributed by atoms with E-state index in [-0.39, 0.29) is 6.54 Å². The number of aliphatic hydroxyl groups is 2. The minimum Gasteiger partial charge on any atom is -0.480 e. The Morgan fingerprint density at radius 2 is 1.44 bits per heavy atom. The molecule has 0 aromatic rings. The molecular formula is C8H16N2O6. The highest BCUT2D eigenvalue weighted by Crippen LogP contribution is 2.12. The average molecular weight is 236 g/mol. The van der Waals surface area contributed by atoms with Crippen LogP contribution >= 0.6 is 0 Å². The van der Waals surface area contributed by atoms with E-state index >= 15 is 0 Å². The summed E-state index contributed by atoms with van der Waals surface area (Å²) in [5.74, 6) is -2.53. The van der Waals surface area contributed by atoms with Crippen LogP contribution in [0.4, 0.5) is 0 Å². The lowest BCUT2D eigenvalue weighted by Gasteiger charge is -2.38. The maximum absolute atomic E-state index is 10.5. The molecule has 94 valence electrons. The molecule has 0 atom stereocenters. The summed E-state index contributed by atoms with van der Waals surface area (Å²) in [5, 5.41) is 35.4.